The van der Waals surface area contributed by atoms with Gasteiger partial charge in [-0.2, -0.15) is 0 Å². The first-order chi connectivity index (χ1) is 10.3. The summed E-state index contributed by atoms with van der Waals surface area (Å²) in [6.45, 7) is 4.25. The molecule has 4 heteroatoms. The van der Waals surface area contributed by atoms with E-state index in [1.165, 1.54) is 5.56 Å². The molecular weight excluding hydrogens is 264 g/mol. The van der Waals surface area contributed by atoms with Crippen LogP contribution in [0.25, 0.3) is 0 Å². The maximum atomic E-state index is 12.4. The molecule has 2 N–H and O–H groups in total. The number of ether oxygens (including phenoxy) is 1. The molecule has 0 spiro atoms. The topological polar surface area (TPSA) is 50.4 Å². The van der Waals surface area contributed by atoms with Crippen LogP contribution in [0.3, 0.4) is 0 Å². The lowest BCUT2D eigenvalue weighted by Gasteiger charge is -2.18. The van der Waals surface area contributed by atoms with Gasteiger partial charge < -0.3 is 15.4 Å². The highest BCUT2D eigenvalue weighted by Gasteiger charge is 2.42. The minimum Gasteiger partial charge on any atom is -0.379 e. The third-order valence-electron chi connectivity index (χ3n) is 4.42. The maximum absolute atomic E-state index is 12.4. The van der Waals surface area contributed by atoms with E-state index in [1.807, 2.05) is 6.07 Å². The lowest BCUT2D eigenvalue weighted by molar-refractivity contribution is -0.125. The van der Waals surface area contributed by atoms with E-state index in [4.69, 9.17) is 4.74 Å². The van der Waals surface area contributed by atoms with Crippen molar-refractivity contribution in [2.45, 2.75) is 37.8 Å². The van der Waals surface area contributed by atoms with Crippen molar-refractivity contribution in [2.24, 2.45) is 5.92 Å². The van der Waals surface area contributed by atoms with E-state index < -0.39 is 0 Å². The van der Waals surface area contributed by atoms with E-state index >= 15 is 0 Å². The first-order valence-electron chi connectivity index (χ1n) is 7.96. The van der Waals surface area contributed by atoms with Gasteiger partial charge in [0, 0.05) is 18.0 Å². The Hall–Kier alpha value is -1.39. The van der Waals surface area contributed by atoms with Crippen LogP contribution in [0.5, 0.6) is 0 Å². The highest BCUT2D eigenvalue weighted by molar-refractivity contribution is 5.80. The smallest absolute Gasteiger partial charge is 0.227 e. The molecule has 4 atom stereocenters. The summed E-state index contributed by atoms with van der Waals surface area (Å²) in [5, 5.41) is 6.60. The first kappa shape index (κ1) is 14.5. The zero-order valence-electron chi connectivity index (χ0n) is 12.5. The summed E-state index contributed by atoms with van der Waals surface area (Å²) < 4.78 is 5.48. The summed E-state index contributed by atoms with van der Waals surface area (Å²) in [5.74, 6) is 0.581. The second kappa shape index (κ2) is 6.58. The van der Waals surface area contributed by atoms with E-state index in [0.29, 0.717) is 25.2 Å². The van der Waals surface area contributed by atoms with Gasteiger partial charge in [0.1, 0.15) is 0 Å². The summed E-state index contributed by atoms with van der Waals surface area (Å²) in [4.78, 5) is 12.4. The molecule has 1 aliphatic heterocycles. The molecule has 114 valence electrons. The molecule has 1 aromatic carbocycles. The number of carbonyl (C=O) groups excluding carboxylic acids is 1. The van der Waals surface area contributed by atoms with Crippen molar-refractivity contribution in [1.29, 1.82) is 0 Å². The van der Waals surface area contributed by atoms with Gasteiger partial charge in [0.25, 0.3) is 0 Å². The molecule has 2 aliphatic rings. The highest BCUT2D eigenvalue weighted by Crippen LogP contribution is 2.40. The minimum atomic E-state index is -0.0476. The molecule has 0 bridgehead atoms. The van der Waals surface area contributed by atoms with Gasteiger partial charge in [-0.05, 0) is 24.9 Å². The molecule has 3 rings (SSSR count). The van der Waals surface area contributed by atoms with Crippen molar-refractivity contribution in [3.8, 4) is 0 Å². The third-order valence-corrected chi connectivity index (χ3v) is 4.42. The Morgan fingerprint density at radius 3 is 2.81 bits per heavy atom. The second-order valence-electron chi connectivity index (χ2n) is 6.07. The maximum Gasteiger partial charge on any atom is 0.227 e. The number of hydrogen-bond acceptors (Lipinski definition) is 3. The SMILES string of the molecule is CCCNC1COCC1C(=O)NC1CC1c1ccccc1. The van der Waals surface area contributed by atoms with E-state index in [-0.39, 0.29) is 17.9 Å². The predicted octanol–water partition coefficient (Wildman–Crippen LogP) is 1.67. The van der Waals surface area contributed by atoms with Crippen LogP contribution < -0.4 is 10.6 Å². The fraction of sp³-hybridized carbons (Fsp3) is 0.588. The van der Waals surface area contributed by atoms with Crippen molar-refractivity contribution in [2.75, 3.05) is 19.8 Å². The standard InChI is InChI=1S/C17H24N2O2/c1-2-8-18-16-11-21-10-14(16)17(20)19-15-9-13(15)12-6-4-3-5-7-12/h3-7,13-16,18H,2,8-11H2,1H3,(H,19,20). The van der Waals surface area contributed by atoms with Gasteiger partial charge in [-0.3, -0.25) is 4.79 Å². The van der Waals surface area contributed by atoms with Gasteiger partial charge in [0.15, 0.2) is 0 Å². The van der Waals surface area contributed by atoms with E-state index in [0.717, 1.165) is 19.4 Å². The molecule has 4 nitrogen and oxygen atoms in total. The van der Waals surface area contributed by atoms with Gasteiger partial charge in [0.2, 0.25) is 5.91 Å². The summed E-state index contributed by atoms with van der Waals surface area (Å²) in [6.07, 6.45) is 2.12. The molecule has 2 fully saturated rings. The molecule has 1 saturated carbocycles. The van der Waals surface area contributed by atoms with Gasteiger partial charge >= 0.3 is 0 Å². The zero-order chi connectivity index (χ0) is 14.7. The van der Waals surface area contributed by atoms with Crippen molar-refractivity contribution in [1.82, 2.24) is 10.6 Å². The summed E-state index contributed by atoms with van der Waals surface area (Å²) in [5.41, 5.74) is 1.33. The zero-order valence-corrected chi connectivity index (χ0v) is 12.5. The summed E-state index contributed by atoms with van der Waals surface area (Å²) in [7, 11) is 0. The molecule has 0 aromatic heterocycles. The average Bonchev–Trinajstić information content (AvgIpc) is 3.11. The number of hydrogen-bond donors (Lipinski definition) is 2. The molecule has 1 amide bonds. The van der Waals surface area contributed by atoms with Crippen LogP contribution in [0.1, 0.15) is 31.2 Å². The number of rotatable bonds is 6. The largest absolute Gasteiger partial charge is 0.379 e. The lowest BCUT2D eigenvalue weighted by atomic mass is 10.0. The summed E-state index contributed by atoms with van der Waals surface area (Å²) in [6, 6.07) is 10.9. The lowest BCUT2D eigenvalue weighted by Crippen LogP contribution is -2.45. The van der Waals surface area contributed by atoms with Gasteiger partial charge in [-0.15, -0.1) is 0 Å². The Labute approximate surface area is 126 Å². The Kier molecular flexibility index (Phi) is 4.56. The molecular formula is C17H24N2O2. The quantitative estimate of drug-likeness (QED) is 0.837. The van der Waals surface area contributed by atoms with Crippen LogP contribution in [-0.4, -0.2) is 37.7 Å². The number of benzene rings is 1. The minimum absolute atomic E-state index is 0.0476. The van der Waals surface area contributed by atoms with E-state index in [9.17, 15) is 4.79 Å². The average molecular weight is 288 g/mol. The fourth-order valence-corrected chi connectivity index (χ4v) is 3.06. The van der Waals surface area contributed by atoms with Crippen molar-refractivity contribution < 1.29 is 9.53 Å². The van der Waals surface area contributed by atoms with Gasteiger partial charge in [0.05, 0.1) is 19.1 Å². The molecule has 0 radical (unpaired) electrons. The molecule has 21 heavy (non-hydrogen) atoms. The fourth-order valence-electron chi connectivity index (χ4n) is 3.06. The highest BCUT2D eigenvalue weighted by atomic mass is 16.5. The van der Waals surface area contributed by atoms with Crippen molar-refractivity contribution in [3.05, 3.63) is 35.9 Å². The van der Waals surface area contributed by atoms with Crippen LogP contribution in [0.2, 0.25) is 0 Å². The second-order valence-corrected chi connectivity index (χ2v) is 6.07. The van der Waals surface area contributed by atoms with Crippen LogP contribution in [-0.2, 0) is 9.53 Å². The summed E-state index contributed by atoms with van der Waals surface area (Å²) >= 11 is 0. The van der Waals surface area contributed by atoms with E-state index in [2.05, 4.69) is 41.8 Å². The van der Waals surface area contributed by atoms with E-state index in [1.54, 1.807) is 0 Å². The van der Waals surface area contributed by atoms with Crippen LogP contribution in [0.4, 0.5) is 0 Å². The molecule has 1 heterocycles. The Bertz CT molecular complexity index is 477. The normalized spacial score (nSPS) is 31.1. The number of amides is 1. The Morgan fingerprint density at radius 1 is 1.24 bits per heavy atom. The number of carbonyl (C=O) groups is 1. The van der Waals surface area contributed by atoms with Crippen LogP contribution in [0.15, 0.2) is 30.3 Å². The van der Waals surface area contributed by atoms with Crippen molar-refractivity contribution >= 4 is 5.91 Å². The molecule has 1 saturated heterocycles. The first-order valence-corrected chi connectivity index (χ1v) is 7.96. The monoisotopic (exact) mass is 288 g/mol. The number of nitrogens with one attached hydrogen (secondary N) is 2. The van der Waals surface area contributed by atoms with Crippen molar-refractivity contribution in [3.63, 3.8) is 0 Å². The Morgan fingerprint density at radius 2 is 2.05 bits per heavy atom. The predicted molar refractivity (Wildman–Crippen MR) is 82.1 cm³/mol. The molecule has 1 aliphatic carbocycles. The van der Waals surface area contributed by atoms with Gasteiger partial charge in [-0.25, -0.2) is 0 Å². The third kappa shape index (κ3) is 3.44. The molecule has 1 aromatic rings. The molecule has 4 unspecified atom stereocenters. The van der Waals surface area contributed by atoms with Crippen LogP contribution in [0, 0.1) is 5.92 Å². The van der Waals surface area contributed by atoms with Crippen LogP contribution >= 0.6 is 0 Å². The van der Waals surface area contributed by atoms with Gasteiger partial charge in [-0.1, -0.05) is 37.3 Å². The Balaban J connectivity index is 1.51.